The molecule has 4 aromatic rings. The van der Waals surface area contributed by atoms with Gasteiger partial charge in [-0.2, -0.15) is 0 Å². The molecule has 0 spiro atoms. The molecule has 58 heavy (non-hydrogen) atoms. The lowest BCUT2D eigenvalue weighted by Gasteiger charge is -2.39. The lowest BCUT2D eigenvalue weighted by Crippen LogP contribution is -2.60. The van der Waals surface area contributed by atoms with Gasteiger partial charge in [-0.15, -0.1) is 0 Å². The third kappa shape index (κ3) is 7.29. The van der Waals surface area contributed by atoms with Crippen LogP contribution in [0.1, 0.15) is 59.1 Å². The van der Waals surface area contributed by atoms with E-state index >= 15 is 0 Å². The van der Waals surface area contributed by atoms with Crippen LogP contribution in [0, 0.1) is 11.8 Å². The second-order valence-corrected chi connectivity index (χ2v) is 16.8. The zero-order chi connectivity index (χ0) is 40.6. The van der Waals surface area contributed by atoms with E-state index < -0.39 is 23.2 Å². The minimum atomic E-state index is -0.695. The summed E-state index contributed by atoms with van der Waals surface area (Å²) < 4.78 is 0. The quantitative estimate of drug-likeness (QED) is 0.240. The maximum absolute atomic E-state index is 14.2. The molecule has 4 aromatic carbocycles. The number of hydrogen-bond acceptors (Lipinski definition) is 6. The third-order valence-corrected chi connectivity index (χ3v) is 13.0. The molecule has 0 saturated carbocycles. The van der Waals surface area contributed by atoms with Gasteiger partial charge in [-0.25, -0.2) is 0 Å². The van der Waals surface area contributed by atoms with Gasteiger partial charge in [0.25, 0.3) is 0 Å². The molecular weight excluding hydrogens is 725 g/mol. The third-order valence-electron chi connectivity index (χ3n) is 13.0. The minimum Gasteiger partial charge on any atom is -0.329 e. The first-order valence-electron chi connectivity index (χ1n) is 20.4. The number of nitrogens with one attached hydrogen (secondary N) is 2. The molecule has 2 heterocycles. The highest BCUT2D eigenvalue weighted by Crippen LogP contribution is 2.38. The summed E-state index contributed by atoms with van der Waals surface area (Å²) in [6.45, 7) is 1.14. The fourth-order valence-electron chi connectivity index (χ4n) is 9.48. The number of fused-ring (bicyclic) bond motifs is 2. The molecule has 2 saturated heterocycles. The molecule has 2 atom stereocenters. The molecule has 10 heteroatoms. The van der Waals surface area contributed by atoms with Gasteiger partial charge in [0.05, 0.1) is 0 Å². The van der Waals surface area contributed by atoms with Gasteiger partial charge in [0.2, 0.25) is 23.6 Å². The van der Waals surface area contributed by atoms with Gasteiger partial charge >= 0.3 is 0 Å². The van der Waals surface area contributed by atoms with Crippen molar-refractivity contribution in [3.8, 4) is 11.8 Å². The molecule has 0 unspecified atom stereocenters. The van der Waals surface area contributed by atoms with E-state index in [0.29, 0.717) is 63.0 Å². The summed E-state index contributed by atoms with van der Waals surface area (Å²) >= 11 is 0. The SMILES string of the molecule is CN(C)C1(C(=O)N2CCC[C@H]2C(=O)Nc2ccc(C#Cc3ccc(NC(=O)[C@@H]4CCCN4C(=O)C4(N(C)C)Cc5ccccc5C4)cc3)cc2)Cc2ccccc2C1. The molecule has 0 aromatic heterocycles. The number of likely N-dealkylation sites (tertiary alicyclic amines) is 2. The van der Waals surface area contributed by atoms with Crippen LogP contribution in [0.25, 0.3) is 0 Å². The van der Waals surface area contributed by atoms with Crippen molar-refractivity contribution in [3.05, 3.63) is 130 Å². The number of nitrogens with zero attached hydrogens (tertiary/aromatic N) is 4. The van der Waals surface area contributed by atoms with Gasteiger partial charge in [0.1, 0.15) is 23.2 Å². The Balaban J connectivity index is 0.860. The summed E-state index contributed by atoms with van der Waals surface area (Å²) in [5.74, 6) is 6.06. The van der Waals surface area contributed by atoms with Crippen LogP contribution in [0.2, 0.25) is 0 Å². The van der Waals surface area contributed by atoms with Crippen LogP contribution < -0.4 is 10.6 Å². The van der Waals surface area contributed by atoms with E-state index in [1.165, 1.54) is 22.3 Å². The van der Waals surface area contributed by atoms with Crippen LogP contribution in [-0.4, -0.2) is 108 Å². The highest BCUT2D eigenvalue weighted by Gasteiger charge is 2.52. The van der Waals surface area contributed by atoms with Crippen LogP contribution in [0.4, 0.5) is 11.4 Å². The second kappa shape index (κ2) is 15.9. The normalized spacial score (nSPS) is 20.0. The predicted octanol–water partition coefficient (Wildman–Crippen LogP) is 5.14. The summed E-state index contributed by atoms with van der Waals surface area (Å²) in [5.41, 5.74) is 6.26. The molecule has 0 bridgehead atoms. The maximum Gasteiger partial charge on any atom is 0.247 e. The molecule has 8 rings (SSSR count). The number of hydrogen-bond donors (Lipinski definition) is 2. The van der Waals surface area contributed by atoms with Crippen LogP contribution in [-0.2, 0) is 44.9 Å². The van der Waals surface area contributed by atoms with Crippen molar-refractivity contribution in [1.82, 2.24) is 19.6 Å². The number of rotatable bonds is 8. The number of benzene rings is 4. The maximum atomic E-state index is 14.2. The van der Waals surface area contributed by atoms with Crippen molar-refractivity contribution in [2.24, 2.45) is 0 Å². The molecule has 0 radical (unpaired) electrons. The molecule has 2 N–H and O–H groups in total. The van der Waals surface area contributed by atoms with E-state index in [1.54, 1.807) is 9.80 Å². The van der Waals surface area contributed by atoms with Crippen LogP contribution in [0.3, 0.4) is 0 Å². The highest BCUT2D eigenvalue weighted by molar-refractivity contribution is 6.00. The Hall–Kier alpha value is -5.76. The Morgan fingerprint density at radius 1 is 0.534 bits per heavy atom. The molecule has 4 amide bonds. The number of carbonyl (C=O) groups is 4. The van der Waals surface area contributed by atoms with Gasteiger partial charge in [-0.05, 0) is 125 Å². The number of anilines is 2. The Labute approximate surface area is 341 Å². The summed E-state index contributed by atoms with van der Waals surface area (Å²) in [4.78, 5) is 63.2. The van der Waals surface area contributed by atoms with Gasteiger partial charge in [0.15, 0.2) is 0 Å². The first kappa shape index (κ1) is 39.1. The molecule has 4 aliphatic rings. The van der Waals surface area contributed by atoms with Gasteiger partial charge in [-0.1, -0.05) is 60.4 Å². The average Bonchev–Trinajstić information content (AvgIpc) is 4.05. The smallest absolute Gasteiger partial charge is 0.247 e. The average molecular weight is 777 g/mol. The summed E-state index contributed by atoms with van der Waals surface area (Å²) in [5, 5.41) is 6.08. The Morgan fingerprint density at radius 2 is 0.862 bits per heavy atom. The fraction of sp³-hybridized carbons (Fsp3) is 0.375. The number of likely N-dealkylation sites (N-methyl/N-ethyl adjacent to an activating group) is 2. The van der Waals surface area contributed by atoms with Crippen molar-refractivity contribution < 1.29 is 19.2 Å². The van der Waals surface area contributed by atoms with Crippen molar-refractivity contribution >= 4 is 35.0 Å². The molecule has 10 nitrogen and oxygen atoms in total. The van der Waals surface area contributed by atoms with Crippen molar-refractivity contribution in [2.75, 3.05) is 51.9 Å². The summed E-state index contributed by atoms with van der Waals surface area (Å²) in [6.07, 6.45) is 5.39. The monoisotopic (exact) mass is 776 g/mol. The molecule has 2 aliphatic carbocycles. The van der Waals surface area contributed by atoms with E-state index in [0.717, 1.165) is 24.0 Å². The standard InChI is InChI=1S/C48H52N6O4/c1-51(2)47(29-35-11-5-6-12-36(35)30-47)45(57)53-27-9-15-41(53)43(55)49-39-23-19-33(20-24-39)17-18-34-21-25-40(26-22-34)50-44(56)42-16-10-28-54(42)46(58)48(52(3)4)31-37-13-7-8-14-38(37)32-48/h5-8,11-14,19-26,41-42H,9-10,15-16,27-32H2,1-4H3,(H,49,55)(H,50,56)/t41-,42-/m0/s1. The Bertz CT molecular complexity index is 2080. The van der Waals surface area contributed by atoms with E-state index in [1.807, 2.05) is 111 Å². The number of carbonyl (C=O) groups excluding carboxylic acids is 4. The first-order chi connectivity index (χ1) is 28.0. The Kier molecular flexibility index (Phi) is 10.7. The van der Waals surface area contributed by atoms with E-state index in [2.05, 4.69) is 46.7 Å². The topological polar surface area (TPSA) is 105 Å². The lowest BCUT2D eigenvalue weighted by molar-refractivity contribution is -0.146. The molecular formula is C48H52N6O4. The Morgan fingerprint density at radius 3 is 1.17 bits per heavy atom. The van der Waals surface area contributed by atoms with Crippen LogP contribution in [0.15, 0.2) is 97.1 Å². The van der Waals surface area contributed by atoms with Gasteiger partial charge in [0, 0.05) is 61.3 Å². The van der Waals surface area contributed by atoms with Crippen LogP contribution in [0.5, 0.6) is 0 Å². The fourth-order valence-corrected chi connectivity index (χ4v) is 9.48. The van der Waals surface area contributed by atoms with Gasteiger partial charge < -0.3 is 20.4 Å². The van der Waals surface area contributed by atoms with Gasteiger partial charge in [-0.3, -0.25) is 29.0 Å². The largest absolute Gasteiger partial charge is 0.329 e. The molecule has 298 valence electrons. The van der Waals surface area contributed by atoms with E-state index in [9.17, 15) is 19.2 Å². The van der Waals surface area contributed by atoms with Crippen molar-refractivity contribution in [2.45, 2.75) is 74.5 Å². The second-order valence-electron chi connectivity index (χ2n) is 16.8. The molecule has 2 fully saturated rings. The summed E-state index contributed by atoms with van der Waals surface area (Å²) in [7, 11) is 7.84. The van der Waals surface area contributed by atoms with E-state index in [-0.39, 0.29) is 23.6 Å². The highest BCUT2D eigenvalue weighted by atomic mass is 16.2. The predicted molar refractivity (Wildman–Crippen MR) is 226 cm³/mol. The molecule has 2 aliphatic heterocycles. The van der Waals surface area contributed by atoms with Crippen LogP contribution >= 0.6 is 0 Å². The van der Waals surface area contributed by atoms with Crippen molar-refractivity contribution in [1.29, 1.82) is 0 Å². The number of amides is 4. The first-order valence-corrected chi connectivity index (χ1v) is 20.4. The lowest BCUT2D eigenvalue weighted by atomic mass is 9.91. The minimum absolute atomic E-state index is 0.0175. The zero-order valence-corrected chi connectivity index (χ0v) is 33.9. The van der Waals surface area contributed by atoms with E-state index in [4.69, 9.17) is 0 Å². The van der Waals surface area contributed by atoms with Crippen molar-refractivity contribution in [3.63, 3.8) is 0 Å². The summed E-state index contributed by atoms with van der Waals surface area (Å²) in [6, 6.07) is 30.2. The zero-order valence-electron chi connectivity index (χ0n) is 33.9.